The van der Waals surface area contributed by atoms with Gasteiger partial charge in [-0.05, 0) is 24.6 Å². The fourth-order valence-corrected chi connectivity index (χ4v) is 3.43. The number of primary amides is 1. The first-order chi connectivity index (χ1) is 12.1. The van der Waals surface area contributed by atoms with Crippen molar-refractivity contribution in [2.24, 2.45) is 5.73 Å². The normalized spacial score (nSPS) is 12.3. The number of sulfonamides is 1. The summed E-state index contributed by atoms with van der Waals surface area (Å²) in [7, 11) is -3.98. The smallest absolute Gasteiger partial charge is 0.269 e. The zero-order valence-corrected chi connectivity index (χ0v) is 14.7. The van der Waals surface area contributed by atoms with Gasteiger partial charge in [0.25, 0.3) is 5.69 Å². The maximum atomic E-state index is 12.6. The van der Waals surface area contributed by atoms with Gasteiger partial charge in [0.2, 0.25) is 15.9 Å². The van der Waals surface area contributed by atoms with Gasteiger partial charge in [0, 0.05) is 17.7 Å². The zero-order valence-electron chi connectivity index (χ0n) is 13.9. The standard InChI is InChI=1S/C17H17N3O5S/c1-11-3-9-15(10-4-11)26(24,25)19-16(12(2)17(18)21)13-5-7-14(8-6-13)20(22)23/h3-10,16,19H,2H2,1H3,(H2,18,21). The highest BCUT2D eigenvalue weighted by atomic mass is 32.2. The van der Waals surface area contributed by atoms with Crippen molar-refractivity contribution in [1.82, 2.24) is 4.72 Å². The van der Waals surface area contributed by atoms with Crippen LogP contribution < -0.4 is 10.5 Å². The molecule has 136 valence electrons. The molecule has 8 nitrogen and oxygen atoms in total. The van der Waals surface area contributed by atoms with Gasteiger partial charge < -0.3 is 5.73 Å². The van der Waals surface area contributed by atoms with Gasteiger partial charge in [-0.2, -0.15) is 4.72 Å². The molecule has 2 aromatic rings. The minimum Gasteiger partial charge on any atom is -0.366 e. The second kappa shape index (κ2) is 7.46. The molecule has 2 rings (SSSR count). The Hall–Kier alpha value is -3.04. The molecule has 0 heterocycles. The fraction of sp³-hybridized carbons (Fsp3) is 0.118. The van der Waals surface area contributed by atoms with Crippen molar-refractivity contribution in [3.63, 3.8) is 0 Å². The Bertz CT molecular complexity index is 951. The largest absolute Gasteiger partial charge is 0.366 e. The molecule has 2 aromatic carbocycles. The van der Waals surface area contributed by atoms with Gasteiger partial charge in [-0.15, -0.1) is 0 Å². The van der Waals surface area contributed by atoms with Crippen molar-refractivity contribution in [2.45, 2.75) is 17.9 Å². The molecule has 0 spiro atoms. The van der Waals surface area contributed by atoms with E-state index < -0.39 is 26.9 Å². The Morgan fingerprint density at radius 1 is 1.15 bits per heavy atom. The monoisotopic (exact) mass is 375 g/mol. The van der Waals surface area contributed by atoms with E-state index in [-0.39, 0.29) is 16.2 Å². The number of carbonyl (C=O) groups excluding carboxylic acids is 1. The lowest BCUT2D eigenvalue weighted by atomic mass is 10.0. The van der Waals surface area contributed by atoms with E-state index in [4.69, 9.17) is 5.73 Å². The number of rotatable bonds is 7. The van der Waals surface area contributed by atoms with Crippen LogP contribution in [0.5, 0.6) is 0 Å². The lowest BCUT2D eigenvalue weighted by molar-refractivity contribution is -0.384. The van der Waals surface area contributed by atoms with Gasteiger partial charge in [0.05, 0.1) is 15.9 Å². The Morgan fingerprint density at radius 2 is 1.69 bits per heavy atom. The van der Waals surface area contributed by atoms with Crippen LogP contribution >= 0.6 is 0 Å². The summed E-state index contributed by atoms with van der Waals surface area (Å²) in [6.07, 6.45) is 0. The quantitative estimate of drug-likeness (QED) is 0.434. The van der Waals surface area contributed by atoms with Crippen molar-refractivity contribution < 1.29 is 18.1 Å². The van der Waals surface area contributed by atoms with Gasteiger partial charge in [-0.1, -0.05) is 36.4 Å². The van der Waals surface area contributed by atoms with Crippen LogP contribution in [0.3, 0.4) is 0 Å². The molecule has 0 aromatic heterocycles. The number of aryl methyl sites for hydroxylation is 1. The molecule has 9 heteroatoms. The van der Waals surface area contributed by atoms with Crippen molar-refractivity contribution in [3.05, 3.63) is 81.9 Å². The SMILES string of the molecule is C=C(C(N)=O)C(NS(=O)(=O)c1ccc(C)cc1)c1ccc([N+](=O)[O-])cc1. The minimum absolute atomic E-state index is 0.00674. The average molecular weight is 375 g/mol. The summed E-state index contributed by atoms with van der Waals surface area (Å²) in [4.78, 5) is 21.7. The zero-order chi connectivity index (χ0) is 19.5. The number of nitro benzene ring substituents is 1. The van der Waals surface area contributed by atoms with Gasteiger partial charge in [-0.3, -0.25) is 14.9 Å². The second-order valence-electron chi connectivity index (χ2n) is 5.61. The number of nitro groups is 1. The Morgan fingerprint density at radius 3 is 2.15 bits per heavy atom. The van der Waals surface area contributed by atoms with Crippen LogP contribution in [-0.2, 0) is 14.8 Å². The van der Waals surface area contributed by atoms with Crippen LogP contribution in [0.15, 0.2) is 65.6 Å². The highest BCUT2D eigenvalue weighted by molar-refractivity contribution is 7.89. The summed E-state index contributed by atoms with van der Waals surface area (Å²) in [5.41, 5.74) is 6.08. The fourth-order valence-electron chi connectivity index (χ4n) is 2.21. The molecule has 0 aliphatic rings. The molecule has 0 aliphatic carbocycles. The van der Waals surface area contributed by atoms with E-state index in [1.807, 2.05) is 6.92 Å². The van der Waals surface area contributed by atoms with Crippen LogP contribution in [0.1, 0.15) is 17.2 Å². The average Bonchev–Trinajstić information content (AvgIpc) is 2.59. The number of non-ortho nitro benzene ring substituents is 1. The third-order valence-corrected chi connectivity index (χ3v) is 5.15. The molecular weight excluding hydrogens is 358 g/mol. The van der Waals surface area contributed by atoms with Gasteiger partial charge >= 0.3 is 0 Å². The summed E-state index contributed by atoms with van der Waals surface area (Å²) in [5, 5.41) is 10.8. The third kappa shape index (κ3) is 4.32. The van der Waals surface area contributed by atoms with Gasteiger partial charge in [-0.25, -0.2) is 8.42 Å². The predicted octanol–water partition coefficient (Wildman–Crippen LogP) is 1.96. The van der Waals surface area contributed by atoms with Gasteiger partial charge in [0.15, 0.2) is 0 Å². The molecule has 1 atom stereocenters. The second-order valence-corrected chi connectivity index (χ2v) is 7.32. The van der Waals surface area contributed by atoms with Gasteiger partial charge in [0.1, 0.15) is 0 Å². The highest BCUT2D eigenvalue weighted by Crippen LogP contribution is 2.25. The van der Waals surface area contributed by atoms with E-state index in [1.54, 1.807) is 12.1 Å². The van der Waals surface area contributed by atoms with E-state index in [2.05, 4.69) is 11.3 Å². The lowest BCUT2D eigenvalue weighted by Crippen LogP contribution is -2.33. The molecule has 0 saturated carbocycles. The van der Waals surface area contributed by atoms with Crippen LogP contribution in [0.2, 0.25) is 0 Å². The van der Waals surface area contributed by atoms with Crippen LogP contribution in [-0.4, -0.2) is 19.2 Å². The van der Waals surface area contributed by atoms with Crippen molar-refractivity contribution in [1.29, 1.82) is 0 Å². The number of nitrogens with two attached hydrogens (primary N) is 1. The molecule has 0 bridgehead atoms. The summed E-state index contributed by atoms with van der Waals surface area (Å²) in [6.45, 7) is 5.36. The first-order valence-electron chi connectivity index (χ1n) is 7.44. The minimum atomic E-state index is -3.98. The molecule has 1 amide bonds. The molecule has 0 fully saturated rings. The first kappa shape index (κ1) is 19.3. The maximum absolute atomic E-state index is 12.6. The lowest BCUT2D eigenvalue weighted by Gasteiger charge is -2.20. The predicted molar refractivity (Wildman–Crippen MR) is 95.7 cm³/mol. The van der Waals surface area contributed by atoms with Crippen molar-refractivity contribution in [3.8, 4) is 0 Å². The van der Waals surface area contributed by atoms with Crippen LogP contribution in [0.25, 0.3) is 0 Å². The molecule has 3 N–H and O–H groups in total. The van der Waals surface area contributed by atoms with E-state index in [1.165, 1.54) is 36.4 Å². The van der Waals surface area contributed by atoms with Crippen LogP contribution in [0.4, 0.5) is 5.69 Å². The number of amides is 1. The van der Waals surface area contributed by atoms with E-state index in [9.17, 15) is 23.3 Å². The molecule has 0 radical (unpaired) electrons. The van der Waals surface area contributed by atoms with Crippen LogP contribution in [0, 0.1) is 17.0 Å². The Balaban J connectivity index is 2.42. The number of carbonyl (C=O) groups is 1. The molecule has 0 saturated heterocycles. The summed E-state index contributed by atoms with van der Waals surface area (Å²) >= 11 is 0. The molecule has 26 heavy (non-hydrogen) atoms. The summed E-state index contributed by atoms with van der Waals surface area (Å²) in [6, 6.07) is 10.1. The number of hydrogen-bond acceptors (Lipinski definition) is 5. The maximum Gasteiger partial charge on any atom is 0.269 e. The topological polar surface area (TPSA) is 132 Å². The van der Waals surface area contributed by atoms with Crippen molar-refractivity contribution >= 4 is 21.6 Å². The van der Waals surface area contributed by atoms with Crippen molar-refractivity contribution in [2.75, 3.05) is 0 Å². The van der Waals surface area contributed by atoms with E-state index in [0.717, 1.165) is 5.56 Å². The Labute approximate surface area is 150 Å². The third-order valence-electron chi connectivity index (χ3n) is 3.71. The first-order valence-corrected chi connectivity index (χ1v) is 8.92. The number of benzene rings is 2. The number of nitrogens with one attached hydrogen (secondary N) is 1. The van der Waals surface area contributed by atoms with E-state index >= 15 is 0 Å². The summed E-state index contributed by atoms with van der Waals surface area (Å²) in [5.74, 6) is -0.889. The number of nitrogens with zero attached hydrogens (tertiary/aromatic N) is 1. The molecule has 0 aliphatic heterocycles. The summed E-state index contributed by atoms with van der Waals surface area (Å²) < 4.78 is 27.6. The molecule has 1 unspecified atom stereocenters. The number of hydrogen-bond donors (Lipinski definition) is 2. The highest BCUT2D eigenvalue weighted by Gasteiger charge is 2.26. The molecular formula is C17H17N3O5S. The Kier molecular flexibility index (Phi) is 5.53. The van der Waals surface area contributed by atoms with E-state index in [0.29, 0.717) is 5.56 Å².